The monoisotopic (exact) mass is 287 g/mol. The Morgan fingerprint density at radius 1 is 1.14 bits per heavy atom. The molecular weight excluding hydrogens is 258 g/mol. The molecule has 2 fully saturated rings. The van der Waals surface area contributed by atoms with Gasteiger partial charge in [0, 0.05) is 18.3 Å². The van der Waals surface area contributed by atoms with Crippen molar-refractivity contribution in [3.63, 3.8) is 0 Å². The Morgan fingerprint density at radius 3 is 2.57 bits per heavy atom. The number of likely N-dealkylation sites (tertiary alicyclic amines) is 2. The summed E-state index contributed by atoms with van der Waals surface area (Å²) in [7, 11) is 0. The Bertz CT molecular complexity index is 436. The van der Waals surface area contributed by atoms with E-state index in [1.54, 1.807) is 0 Å². The number of nitrogen functional groups attached to an aromatic ring is 1. The molecular formula is C18H29N3. The van der Waals surface area contributed by atoms with E-state index in [1.807, 2.05) is 12.1 Å². The van der Waals surface area contributed by atoms with Crippen molar-refractivity contribution in [2.45, 2.75) is 44.6 Å². The van der Waals surface area contributed by atoms with Crippen LogP contribution in [-0.2, 0) is 0 Å². The number of anilines is 1. The van der Waals surface area contributed by atoms with Gasteiger partial charge in [0.1, 0.15) is 0 Å². The predicted octanol–water partition coefficient (Wildman–Crippen LogP) is 2.93. The first-order valence-electron chi connectivity index (χ1n) is 8.54. The zero-order chi connectivity index (χ0) is 14.7. The highest BCUT2D eigenvalue weighted by molar-refractivity contribution is 5.40. The minimum Gasteiger partial charge on any atom is -0.399 e. The number of benzene rings is 1. The molecule has 0 aromatic heterocycles. The molecule has 3 heteroatoms. The van der Waals surface area contributed by atoms with Crippen LogP contribution in [0.1, 0.15) is 44.1 Å². The van der Waals surface area contributed by atoms with Crippen LogP contribution in [0.2, 0.25) is 0 Å². The molecule has 2 saturated heterocycles. The van der Waals surface area contributed by atoms with Gasteiger partial charge < -0.3 is 10.6 Å². The summed E-state index contributed by atoms with van der Waals surface area (Å²) in [6.45, 7) is 8.81. The summed E-state index contributed by atoms with van der Waals surface area (Å²) in [4.78, 5) is 5.38. The molecule has 21 heavy (non-hydrogen) atoms. The van der Waals surface area contributed by atoms with Crippen LogP contribution in [0.4, 0.5) is 5.69 Å². The van der Waals surface area contributed by atoms with Gasteiger partial charge in [-0.05, 0) is 75.5 Å². The van der Waals surface area contributed by atoms with Crippen molar-refractivity contribution < 1.29 is 0 Å². The van der Waals surface area contributed by atoms with Gasteiger partial charge in [0.25, 0.3) is 0 Å². The molecule has 116 valence electrons. The molecule has 2 heterocycles. The molecule has 0 amide bonds. The van der Waals surface area contributed by atoms with Crippen molar-refractivity contribution in [3.8, 4) is 0 Å². The van der Waals surface area contributed by atoms with Crippen molar-refractivity contribution >= 4 is 5.69 Å². The van der Waals surface area contributed by atoms with Gasteiger partial charge in [-0.2, -0.15) is 0 Å². The molecule has 0 aliphatic carbocycles. The molecule has 0 bridgehead atoms. The quantitative estimate of drug-likeness (QED) is 0.845. The second-order valence-electron chi connectivity index (χ2n) is 6.84. The number of hydrogen-bond acceptors (Lipinski definition) is 3. The normalized spacial score (nSPS) is 25.5. The maximum atomic E-state index is 5.76. The van der Waals surface area contributed by atoms with Gasteiger partial charge in [0.05, 0.1) is 0 Å². The van der Waals surface area contributed by atoms with E-state index in [0.717, 1.165) is 11.7 Å². The molecule has 2 aliphatic rings. The summed E-state index contributed by atoms with van der Waals surface area (Å²) in [5.74, 6) is 0.622. The standard InChI is InChI=1S/C18H29N3/c1-15(16-4-6-17(19)7-5-16)8-12-20-13-9-18(14-20)21-10-2-3-11-21/h4-7,15,18H,2-3,8-14,19H2,1H3. The van der Waals surface area contributed by atoms with Gasteiger partial charge in [0.15, 0.2) is 0 Å². The summed E-state index contributed by atoms with van der Waals surface area (Å²) in [6.07, 6.45) is 5.43. The van der Waals surface area contributed by atoms with Gasteiger partial charge >= 0.3 is 0 Å². The van der Waals surface area contributed by atoms with Gasteiger partial charge in [-0.1, -0.05) is 19.1 Å². The van der Waals surface area contributed by atoms with Crippen LogP contribution in [0.5, 0.6) is 0 Å². The Labute approximate surface area is 129 Å². The van der Waals surface area contributed by atoms with Crippen LogP contribution in [-0.4, -0.2) is 48.6 Å². The number of hydrogen-bond donors (Lipinski definition) is 1. The van der Waals surface area contributed by atoms with E-state index in [9.17, 15) is 0 Å². The maximum absolute atomic E-state index is 5.76. The lowest BCUT2D eigenvalue weighted by atomic mass is 9.97. The molecule has 3 nitrogen and oxygen atoms in total. The summed E-state index contributed by atoms with van der Waals surface area (Å²) in [5.41, 5.74) is 8.04. The second-order valence-corrected chi connectivity index (χ2v) is 6.84. The molecule has 2 atom stereocenters. The zero-order valence-electron chi connectivity index (χ0n) is 13.3. The van der Waals surface area contributed by atoms with E-state index in [-0.39, 0.29) is 0 Å². The predicted molar refractivity (Wildman–Crippen MR) is 89.5 cm³/mol. The highest BCUT2D eigenvalue weighted by Gasteiger charge is 2.28. The molecule has 0 spiro atoms. The van der Waals surface area contributed by atoms with E-state index in [0.29, 0.717) is 5.92 Å². The van der Waals surface area contributed by atoms with Crippen molar-refractivity contribution in [2.24, 2.45) is 0 Å². The first-order chi connectivity index (χ1) is 10.2. The Hall–Kier alpha value is -1.06. The third-order valence-corrected chi connectivity index (χ3v) is 5.29. The van der Waals surface area contributed by atoms with Crippen LogP contribution >= 0.6 is 0 Å². The van der Waals surface area contributed by atoms with E-state index in [1.165, 1.54) is 64.0 Å². The second kappa shape index (κ2) is 6.80. The van der Waals surface area contributed by atoms with Gasteiger partial charge in [-0.15, -0.1) is 0 Å². The Balaban J connectivity index is 1.44. The van der Waals surface area contributed by atoms with Crippen LogP contribution in [0.3, 0.4) is 0 Å². The van der Waals surface area contributed by atoms with E-state index < -0.39 is 0 Å². The van der Waals surface area contributed by atoms with Crippen LogP contribution in [0.15, 0.2) is 24.3 Å². The van der Waals surface area contributed by atoms with Gasteiger partial charge in [-0.3, -0.25) is 4.90 Å². The Kier molecular flexibility index (Phi) is 4.81. The molecule has 2 unspecified atom stereocenters. The minimum atomic E-state index is 0.622. The largest absolute Gasteiger partial charge is 0.399 e. The third-order valence-electron chi connectivity index (χ3n) is 5.29. The summed E-state index contributed by atoms with van der Waals surface area (Å²) < 4.78 is 0. The minimum absolute atomic E-state index is 0.622. The smallest absolute Gasteiger partial charge is 0.0314 e. The lowest BCUT2D eigenvalue weighted by Crippen LogP contribution is -2.35. The topological polar surface area (TPSA) is 32.5 Å². The first kappa shape index (κ1) is 14.9. The fraction of sp³-hybridized carbons (Fsp3) is 0.667. The van der Waals surface area contributed by atoms with Crippen molar-refractivity contribution in [2.75, 3.05) is 38.5 Å². The lowest BCUT2D eigenvalue weighted by Gasteiger charge is -2.24. The highest BCUT2D eigenvalue weighted by Crippen LogP contribution is 2.24. The van der Waals surface area contributed by atoms with Crippen molar-refractivity contribution in [3.05, 3.63) is 29.8 Å². The molecule has 1 aromatic carbocycles. The zero-order valence-corrected chi connectivity index (χ0v) is 13.3. The molecule has 1 aromatic rings. The molecule has 0 radical (unpaired) electrons. The molecule has 2 aliphatic heterocycles. The van der Waals surface area contributed by atoms with Crippen LogP contribution < -0.4 is 5.73 Å². The van der Waals surface area contributed by atoms with Crippen molar-refractivity contribution in [1.29, 1.82) is 0 Å². The number of nitrogens with two attached hydrogens (primary N) is 1. The lowest BCUT2D eigenvalue weighted by molar-refractivity contribution is 0.230. The van der Waals surface area contributed by atoms with E-state index >= 15 is 0 Å². The first-order valence-corrected chi connectivity index (χ1v) is 8.54. The third kappa shape index (κ3) is 3.78. The number of rotatable bonds is 5. The van der Waals surface area contributed by atoms with Gasteiger partial charge in [0.2, 0.25) is 0 Å². The average molecular weight is 287 g/mol. The summed E-state index contributed by atoms with van der Waals surface area (Å²) >= 11 is 0. The fourth-order valence-electron chi connectivity index (χ4n) is 3.79. The highest BCUT2D eigenvalue weighted by atomic mass is 15.3. The molecule has 0 saturated carbocycles. The van der Waals surface area contributed by atoms with Crippen LogP contribution in [0, 0.1) is 0 Å². The SMILES string of the molecule is CC(CCN1CCC(N2CCCC2)C1)c1ccc(N)cc1. The van der Waals surface area contributed by atoms with E-state index in [2.05, 4.69) is 28.9 Å². The number of nitrogens with zero attached hydrogens (tertiary/aromatic N) is 2. The van der Waals surface area contributed by atoms with E-state index in [4.69, 9.17) is 5.73 Å². The van der Waals surface area contributed by atoms with Gasteiger partial charge in [-0.25, -0.2) is 0 Å². The molecule has 3 rings (SSSR count). The average Bonchev–Trinajstić information content (AvgIpc) is 3.16. The summed E-state index contributed by atoms with van der Waals surface area (Å²) in [6, 6.07) is 9.23. The molecule has 2 N–H and O–H groups in total. The maximum Gasteiger partial charge on any atom is 0.0314 e. The fourth-order valence-corrected chi connectivity index (χ4v) is 3.79. The van der Waals surface area contributed by atoms with Crippen LogP contribution in [0.25, 0.3) is 0 Å². The Morgan fingerprint density at radius 2 is 1.86 bits per heavy atom. The van der Waals surface area contributed by atoms with Crippen molar-refractivity contribution in [1.82, 2.24) is 9.80 Å². The summed E-state index contributed by atoms with van der Waals surface area (Å²) in [5, 5.41) is 0.